The number of sulfone groups is 1. The highest BCUT2D eigenvalue weighted by Gasteiger charge is 2.70. The second-order valence-corrected chi connectivity index (χ2v) is 4.97. The summed E-state index contributed by atoms with van der Waals surface area (Å²) in [7, 11) is -4.63. The van der Waals surface area contributed by atoms with Crippen LogP contribution in [-0.2, 0) is 9.84 Å². The normalized spacial score (nSPS) is 44.6. The fraction of sp³-hybridized carbons (Fsp3) is 1.00. The van der Waals surface area contributed by atoms with Gasteiger partial charge in [-0.15, -0.1) is 0 Å². The van der Waals surface area contributed by atoms with Crippen LogP contribution in [-0.4, -0.2) is 31.3 Å². The van der Waals surface area contributed by atoms with E-state index in [4.69, 9.17) is 0 Å². The molecule has 2 atom stereocenters. The van der Waals surface area contributed by atoms with Crippen molar-refractivity contribution in [1.29, 1.82) is 0 Å². The van der Waals surface area contributed by atoms with Gasteiger partial charge in [0.05, 0.1) is 5.75 Å². The molecule has 1 fully saturated rings. The highest BCUT2D eigenvalue weighted by molar-refractivity contribution is 7.92. The molecule has 7 heteroatoms. The maximum absolute atomic E-state index is 12.8. The third kappa shape index (κ3) is 1.02. The number of alkyl halides is 4. The van der Waals surface area contributed by atoms with Crippen LogP contribution in [0, 0.1) is 0 Å². The van der Waals surface area contributed by atoms with Gasteiger partial charge in [-0.05, 0) is 6.92 Å². The minimum absolute atomic E-state index is 0.379. The van der Waals surface area contributed by atoms with E-state index in [0.717, 1.165) is 0 Å². The molecule has 1 saturated heterocycles. The van der Waals surface area contributed by atoms with Gasteiger partial charge in [0.2, 0.25) is 0 Å². The first-order chi connectivity index (χ1) is 5.11. The number of halogens is 4. The molecule has 0 saturated carbocycles. The van der Waals surface area contributed by atoms with Gasteiger partial charge in [0, 0.05) is 0 Å². The average molecular weight is 206 g/mol. The van der Waals surface area contributed by atoms with Crippen LogP contribution in [0.4, 0.5) is 17.6 Å². The molecule has 0 aliphatic carbocycles. The van der Waals surface area contributed by atoms with Gasteiger partial charge in [0.1, 0.15) is 0 Å². The number of rotatable bonds is 0. The third-order valence-corrected chi connectivity index (χ3v) is 3.64. The fourth-order valence-electron chi connectivity index (χ4n) is 1.01. The summed E-state index contributed by atoms with van der Waals surface area (Å²) in [6.45, 7) is 0.379. The van der Waals surface area contributed by atoms with E-state index in [1.807, 2.05) is 0 Å². The summed E-state index contributed by atoms with van der Waals surface area (Å²) in [5, 5.41) is 0. The maximum Gasteiger partial charge on any atom is 0.326 e. The quantitative estimate of drug-likeness (QED) is 0.555. The van der Waals surface area contributed by atoms with Crippen molar-refractivity contribution in [3.63, 3.8) is 0 Å². The van der Waals surface area contributed by atoms with Crippen molar-refractivity contribution < 1.29 is 26.0 Å². The summed E-state index contributed by atoms with van der Waals surface area (Å²) in [4.78, 5) is 0. The maximum atomic E-state index is 12.8. The first-order valence-corrected chi connectivity index (χ1v) is 4.75. The monoisotopic (exact) mass is 206 g/mol. The van der Waals surface area contributed by atoms with Gasteiger partial charge >= 0.3 is 5.92 Å². The van der Waals surface area contributed by atoms with Crippen molar-refractivity contribution >= 4 is 9.84 Å². The van der Waals surface area contributed by atoms with Crippen LogP contribution in [0.5, 0.6) is 0 Å². The summed E-state index contributed by atoms with van der Waals surface area (Å²) in [5.74, 6) is -5.90. The number of hydrogen-bond acceptors (Lipinski definition) is 2. The molecule has 0 bridgehead atoms. The van der Waals surface area contributed by atoms with Gasteiger partial charge in [-0.25, -0.2) is 17.2 Å². The summed E-state index contributed by atoms with van der Waals surface area (Å²) in [6, 6.07) is 0. The molecule has 0 aromatic heterocycles. The van der Waals surface area contributed by atoms with E-state index in [0.29, 0.717) is 6.92 Å². The Morgan fingerprint density at radius 1 is 1.33 bits per heavy atom. The van der Waals surface area contributed by atoms with Crippen LogP contribution in [0.2, 0.25) is 0 Å². The zero-order valence-electron chi connectivity index (χ0n) is 6.02. The SMILES string of the molecule is CC1(F)CS(=O)(=O)C(F)C1(F)F. The fourth-order valence-corrected chi connectivity index (χ4v) is 2.80. The molecule has 1 heterocycles. The molecule has 0 radical (unpaired) electrons. The Balaban J connectivity index is 3.23. The van der Waals surface area contributed by atoms with E-state index >= 15 is 0 Å². The molecule has 2 unspecified atom stereocenters. The molecule has 12 heavy (non-hydrogen) atoms. The van der Waals surface area contributed by atoms with Gasteiger partial charge in [-0.2, -0.15) is 8.78 Å². The van der Waals surface area contributed by atoms with E-state index in [-0.39, 0.29) is 0 Å². The first-order valence-electron chi connectivity index (χ1n) is 3.04. The zero-order valence-corrected chi connectivity index (χ0v) is 6.84. The second kappa shape index (κ2) is 2.12. The van der Waals surface area contributed by atoms with Crippen LogP contribution in [0.1, 0.15) is 6.92 Å². The average Bonchev–Trinajstić information content (AvgIpc) is 1.90. The smallest absolute Gasteiger partial charge is 0.236 e. The predicted octanol–water partition coefficient (Wildman–Crippen LogP) is 1.07. The molecule has 2 nitrogen and oxygen atoms in total. The van der Waals surface area contributed by atoms with Crippen molar-refractivity contribution in [2.45, 2.75) is 24.0 Å². The summed E-state index contributed by atoms with van der Waals surface area (Å²) in [5.41, 5.74) is -6.72. The van der Waals surface area contributed by atoms with Crippen molar-refractivity contribution in [3.8, 4) is 0 Å². The third-order valence-electron chi connectivity index (χ3n) is 1.77. The van der Waals surface area contributed by atoms with Gasteiger partial charge in [-0.3, -0.25) is 0 Å². The Morgan fingerprint density at radius 3 is 1.83 bits per heavy atom. The molecular formula is C5H6F4O2S. The lowest BCUT2D eigenvalue weighted by Gasteiger charge is -2.20. The largest absolute Gasteiger partial charge is 0.326 e. The van der Waals surface area contributed by atoms with E-state index < -0.39 is 32.7 Å². The van der Waals surface area contributed by atoms with E-state index in [1.54, 1.807) is 0 Å². The van der Waals surface area contributed by atoms with Gasteiger partial charge in [0.25, 0.3) is 5.50 Å². The Kier molecular flexibility index (Phi) is 1.73. The lowest BCUT2D eigenvalue weighted by atomic mass is 10.0. The standard InChI is InChI=1S/C5H6F4O2S/c1-4(7)2-12(10,11)3(6)5(4,8)9/h3H,2H2,1H3. The Hall–Kier alpha value is -0.330. The van der Waals surface area contributed by atoms with Crippen LogP contribution in [0.15, 0.2) is 0 Å². The molecule has 0 aromatic rings. The van der Waals surface area contributed by atoms with Crippen molar-refractivity contribution in [2.75, 3.05) is 5.75 Å². The molecule has 1 aliphatic heterocycles. The van der Waals surface area contributed by atoms with Gasteiger partial charge in [0.15, 0.2) is 15.5 Å². The van der Waals surface area contributed by atoms with Crippen LogP contribution < -0.4 is 0 Å². The van der Waals surface area contributed by atoms with Crippen molar-refractivity contribution in [3.05, 3.63) is 0 Å². The highest BCUT2D eigenvalue weighted by Crippen LogP contribution is 2.46. The lowest BCUT2D eigenvalue weighted by Crippen LogP contribution is -2.42. The summed E-state index contributed by atoms with van der Waals surface area (Å²) < 4.78 is 71.1. The number of hydrogen-bond donors (Lipinski definition) is 0. The molecule has 1 aliphatic rings. The molecule has 0 amide bonds. The Morgan fingerprint density at radius 2 is 1.75 bits per heavy atom. The molecule has 1 rings (SSSR count). The predicted molar refractivity (Wildman–Crippen MR) is 33.1 cm³/mol. The van der Waals surface area contributed by atoms with E-state index in [2.05, 4.69) is 0 Å². The van der Waals surface area contributed by atoms with Crippen molar-refractivity contribution in [1.82, 2.24) is 0 Å². The van der Waals surface area contributed by atoms with Crippen molar-refractivity contribution in [2.24, 2.45) is 0 Å². The van der Waals surface area contributed by atoms with Crippen LogP contribution in [0.3, 0.4) is 0 Å². The Bertz CT molecular complexity index is 295. The molecule has 0 aromatic carbocycles. The molecular weight excluding hydrogens is 200 g/mol. The molecule has 72 valence electrons. The lowest BCUT2D eigenvalue weighted by molar-refractivity contribution is -0.130. The minimum atomic E-state index is -4.63. The van der Waals surface area contributed by atoms with E-state index in [1.165, 1.54) is 0 Å². The second-order valence-electron chi connectivity index (χ2n) is 2.94. The topological polar surface area (TPSA) is 34.1 Å². The zero-order chi connectivity index (χ0) is 9.78. The molecule has 0 N–H and O–H groups in total. The first kappa shape index (κ1) is 9.76. The molecule has 0 spiro atoms. The minimum Gasteiger partial charge on any atom is -0.236 e. The highest BCUT2D eigenvalue weighted by atomic mass is 32.2. The van der Waals surface area contributed by atoms with Crippen LogP contribution >= 0.6 is 0 Å². The summed E-state index contributed by atoms with van der Waals surface area (Å²) in [6.07, 6.45) is 0. The summed E-state index contributed by atoms with van der Waals surface area (Å²) >= 11 is 0. The van der Waals surface area contributed by atoms with Gasteiger partial charge < -0.3 is 0 Å². The van der Waals surface area contributed by atoms with E-state index in [9.17, 15) is 26.0 Å². The van der Waals surface area contributed by atoms with Crippen LogP contribution in [0.25, 0.3) is 0 Å². The Labute approximate surface area is 66.5 Å². The van der Waals surface area contributed by atoms with Gasteiger partial charge in [-0.1, -0.05) is 0 Å².